The number of benzene rings is 2. The van der Waals surface area contributed by atoms with Crippen molar-refractivity contribution < 1.29 is 4.39 Å². The van der Waals surface area contributed by atoms with Crippen LogP contribution in [0.4, 0.5) is 10.1 Å². The van der Waals surface area contributed by atoms with Gasteiger partial charge in [0.25, 0.3) is 0 Å². The van der Waals surface area contributed by atoms with Gasteiger partial charge in [-0.2, -0.15) is 0 Å². The molecular formula is C16H16FN3. The van der Waals surface area contributed by atoms with Crippen LogP contribution in [0.5, 0.6) is 0 Å². The fourth-order valence-corrected chi connectivity index (χ4v) is 2.53. The van der Waals surface area contributed by atoms with E-state index in [9.17, 15) is 4.39 Å². The number of nitrogens with zero attached hydrogens (tertiary/aromatic N) is 2. The number of aliphatic imine (C=N–C) groups is 1. The van der Waals surface area contributed by atoms with Crippen molar-refractivity contribution in [3.63, 3.8) is 0 Å². The molecule has 1 unspecified atom stereocenters. The predicted octanol–water partition coefficient (Wildman–Crippen LogP) is 2.57. The fraction of sp³-hybridized carbons (Fsp3) is 0.188. The van der Waals surface area contributed by atoms with Gasteiger partial charge >= 0.3 is 0 Å². The average molecular weight is 269 g/mol. The number of halogens is 1. The SMILES string of the molecule is NC1=NCC(Cc2ccccc2)N1c1ccc(F)cc1. The Morgan fingerprint density at radius 1 is 1.10 bits per heavy atom. The summed E-state index contributed by atoms with van der Waals surface area (Å²) in [5.41, 5.74) is 8.10. The maximum Gasteiger partial charge on any atom is 0.196 e. The molecule has 1 heterocycles. The van der Waals surface area contributed by atoms with E-state index >= 15 is 0 Å². The molecule has 0 bridgehead atoms. The number of rotatable bonds is 3. The van der Waals surface area contributed by atoms with Crippen molar-refractivity contribution in [2.24, 2.45) is 10.7 Å². The van der Waals surface area contributed by atoms with E-state index in [1.54, 1.807) is 12.1 Å². The molecule has 0 saturated carbocycles. The lowest BCUT2D eigenvalue weighted by molar-refractivity contribution is 0.627. The van der Waals surface area contributed by atoms with Crippen molar-refractivity contribution in [1.82, 2.24) is 0 Å². The third-order valence-electron chi connectivity index (χ3n) is 3.49. The Bertz CT molecular complexity index is 607. The zero-order valence-electron chi connectivity index (χ0n) is 11.0. The minimum atomic E-state index is -0.247. The Hall–Kier alpha value is -2.36. The van der Waals surface area contributed by atoms with Crippen LogP contribution in [-0.4, -0.2) is 18.5 Å². The summed E-state index contributed by atoms with van der Waals surface area (Å²) < 4.78 is 13.0. The molecule has 0 fully saturated rings. The Kier molecular flexibility index (Phi) is 3.37. The van der Waals surface area contributed by atoms with Gasteiger partial charge in [0, 0.05) is 5.69 Å². The smallest absolute Gasteiger partial charge is 0.196 e. The first-order valence-corrected chi connectivity index (χ1v) is 6.63. The maximum absolute atomic E-state index is 13.0. The molecule has 1 atom stereocenters. The van der Waals surface area contributed by atoms with E-state index in [0.29, 0.717) is 12.5 Å². The van der Waals surface area contributed by atoms with Gasteiger partial charge in [0.2, 0.25) is 0 Å². The molecule has 1 aliphatic rings. The van der Waals surface area contributed by atoms with Crippen LogP contribution in [-0.2, 0) is 6.42 Å². The molecule has 2 N–H and O–H groups in total. The van der Waals surface area contributed by atoms with Gasteiger partial charge in [-0.3, -0.25) is 4.99 Å². The number of hydrogen-bond donors (Lipinski definition) is 1. The van der Waals surface area contributed by atoms with E-state index in [1.807, 2.05) is 23.1 Å². The van der Waals surface area contributed by atoms with E-state index in [4.69, 9.17) is 5.73 Å². The van der Waals surface area contributed by atoms with Crippen molar-refractivity contribution in [3.8, 4) is 0 Å². The van der Waals surface area contributed by atoms with Crippen LogP contribution < -0.4 is 10.6 Å². The third kappa shape index (κ3) is 2.50. The monoisotopic (exact) mass is 269 g/mol. The van der Waals surface area contributed by atoms with E-state index < -0.39 is 0 Å². The zero-order chi connectivity index (χ0) is 13.9. The Morgan fingerprint density at radius 2 is 1.80 bits per heavy atom. The fourth-order valence-electron chi connectivity index (χ4n) is 2.53. The minimum Gasteiger partial charge on any atom is -0.370 e. The summed E-state index contributed by atoms with van der Waals surface area (Å²) >= 11 is 0. The molecule has 0 spiro atoms. The number of anilines is 1. The minimum absolute atomic E-state index is 0.183. The molecule has 0 saturated heterocycles. The predicted molar refractivity (Wildman–Crippen MR) is 79.3 cm³/mol. The number of nitrogens with two attached hydrogens (primary N) is 1. The summed E-state index contributed by atoms with van der Waals surface area (Å²) in [6.45, 7) is 0.665. The summed E-state index contributed by atoms with van der Waals surface area (Å²) in [6, 6.07) is 16.8. The second kappa shape index (κ2) is 5.33. The van der Waals surface area contributed by atoms with Crippen LogP contribution in [0.25, 0.3) is 0 Å². The van der Waals surface area contributed by atoms with Crippen molar-refractivity contribution in [2.45, 2.75) is 12.5 Å². The third-order valence-corrected chi connectivity index (χ3v) is 3.49. The summed E-state index contributed by atoms with van der Waals surface area (Å²) in [6.07, 6.45) is 0.864. The van der Waals surface area contributed by atoms with Gasteiger partial charge in [-0.25, -0.2) is 4.39 Å². The molecule has 0 aliphatic carbocycles. The zero-order valence-corrected chi connectivity index (χ0v) is 11.0. The Balaban J connectivity index is 1.83. The van der Waals surface area contributed by atoms with Crippen molar-refractivity contribution in [3.05, 3.63) is 66.0 Å². The number of guanidine groups is 1. The quantitative estimate of drug-likeness (QED) is 0.930. The van der Waals surface area contributed by atoms with Crippen LogP contribution in [0.3, 0.4) is 0 Å². The van der Waals surface area contributed by atoms with Crippen LogP contribution in [0.2, 0.25) is 0 Å². The largest absolute Gasteiger partial charge is 0.370 e. The highest BCUT2D eigenvalue weighted by molar-refractivity contribution is 5.97. The van der Waals surface area contributed by atoms with E-state index in [0.717, 1.165) is 12.1 Å². The van der Waals surface area contributed by atoms with Crippen LogP contribution in [0.1, 0.15) is 5.56 Å². The van der Waals surface area contributed by atoms with E-state index in [-0.39, 0.29) is 11.9 Å². The molecule has 0 radical (unpaired) electrons. The first kappa shape index (κ1) is 12.7. The van der Waals surface area contributed by atoms with Crippen LogP contribution in [0, 0.1) is 5.82 Å². The summed E-state index contributed by atoms with van der Waals surface area (Å²) in [4.78, 5) is 6.30. The van der Waals surface area contributed by atoms with Gasteiger partial charge in [0.05, 0.1) is 12.6 Å². The molecule has 20 heavy (non-hydrogen) atoms. The Morgan fingerprint density at radius 3 is 2.50 bits per heavy atom. The second-order valence-electron chi connectivity index (χ2n) is 4.89. The average Bonchev–Trinajstić information content (AvgIpc) is 2.82. The van der Waals surface area contributed by atoms with E-state index in [2.05, 4.69) is 17.1 Å². The normalized spacial score (nSPS) is 18.1. The van der Waals surface area contributed by atoms with Gasteiger partial charge in [-0.15, -0.1) is 0 Å². The van der Waals surface area contributed by atoms with Crippen LogP contribution >= 0.6 is 0 Å². The highest BCUT2D eigenvalue weighted by atomic mass is 19.1. The van der Waals surface area contributed by atoms with Gasteiger partial charge in [-0.1, -0.05) is 30.3 Å². The van der Waals surface area contributed by atoms with Crippen molar-refractivity contribution >= 4 is 11.6 Å². The lowest BCUT2D eigenvalue weighted by Gasteiger charge is -2.26. The van der Waals surface area contributed by atoms with Gasteiger partial charge in [0.15, 0.2) is 5.96 Å². The molecule has 3 rings (SSSR count). The highest BCUT2D eigenvalue weighted by Gasteiger charge is 2.27. The molecule has 1 aliphatic heterocycles. The first-order valence-electron chi connectivity index (χ1n) is 6.63. The lowest BCUT2D eigenvalue weighted by atomic mass is 10.0. The van der Waals surface area contributed by atoms with Gasteiger partial charge in [-0.05, 0) is 36.2 Å². The summed E-state index contributed by atoms with van der Waals surface area (Å²) in [5.74, 6) is 0.251. The topological polar surface area (TPSA) is 41.6 Å². The Labute approximate surface area is 117 Å². The molecule has 3 nitrogen and oxygen atoms in total. The van der Waals surface area contributed by atoms with Crippen molar-refractivity contribution in [2.75, 3.05) is 11.4 Å². The molecule has 2 aromatic rings. The van der Waals surface area contributed by atoms with E-state index in [1.165, 1.54) is 17.7 Å². The molecular weight excluding hydrogens is 253 g/mol. The van der Waals surface area contributed by atoms with Crippen LogP contribution in [0.15, 0.2) is 59.6 Å². The standard InChI is InChI=1S/C16H16FN3/c17-13-6-8-14(9-7-13)20-15(11-19-16(20)18)10-12-4-2-1-3-5-12/h1-9,15H,10-11H2,(H2,18,19). The highest BCUT2D eigenvalue weighted by Crippen LogP contribution is 2.23. The second-order valence-corrected chi connectivity index (χ2v) is 4.89. The molecule has 102 valence electrons. The molecule has 0 amide bonds. The molecule has 4 heteroatoms. The summed E-state index contributed by atoms with van der Waals surface area (Å²) in [5, 5.41) is 0. The number of hydrogen-bond acceptors (Lipinski definition) is 3. The summed E-state index contributed by atoms with van der Waals surface area (Å²) in [7, 11) is 0. The molecule has 0 aromatic heterocycles. The maximum atomic E-state index is 13.0. The van der Waals surface area contributed by atoms with Gasteiger partial charge in [0.1, 0.15) is 5.82 Å². The van der Waals surface area contributed by atoms with Crippen molar-refractivity contribution in [1.29, 1.82) is 0 Å². The van der Waals surface area contributed by atoms with Gasteiger partial charge < -0.3 is 10.6 Å². The lowest BCUT2D eigenvalue weighted by Crippen LogP contribution is -2.42. The first-order chi connectivity index (χ1) is 9.74. The molecule has 2 aromatic carbocycles.